The van der Waals surface area contributed by atoms with Gasteiger partial charge in [0, 0.05) is 4.88 Å². The summed E-state index contributed by atoms with van der Waals surface area (Å²) < 4.78 is 5.68. The van der Waals surface area contributed by atoms with Crippen LogP contribution < -0.4 is 11.1 Å². The molecule has 3 aliphatic rings. The highest BCUT2D eigenvalue weighted by atomic mass is 32.1. The number of thiophene rings is 1. The molecule has 0 spiro atoms. The van der Waals surface area contributed by atoms with Crippen molar-refractivity contribution >= 4 is 34.1 Å². The van der Waals surface area contributed by atoms with Gasteiger partial charge in [-0.2, -0.15) is 0 Å². The van der Waals surface area contributed by atoms with Gasteiger partial charge in [0.1, 0.15) is 5.00 Å². The van der Waals surface area contributed by atoms with E-state index >= 15 is 0 Å². The molecule has 146 valence electrons. The van der Waals surface area contributed by atoms with Crippen molar-refractivity contribution < 1.29 is 24.2 Å². The maximum absolute atomic E-state index is 12.9. The van der Waals surface area contributed by atoms with Gasteiger partial charge in [-0.25, -0.2) is 0 Å². The maximum atomic E-state index is 12.9. The summed E-state index contributed by atoms with van der Waals surface area (Å²) in [6.45, 7) is 2.15. The van der Waals surface area contributed by atoms with Crippen LogP contribution in [0.1, 0.15) is 53.4 Å². The highest BCUT2D eigenvalue weighted by Gasteiger charge is 2.55. The Labute approximate surface area is 161 Å². The molecule has 2 bridgehead atoms. The lowest BCUT2D eigenvalue weighted by molar-refractivity contribution is -0.147. The van der Waals surface area contributed by atoms with Crippen LogP contribution in [-0.2, 0) is 27.2 Å². The van der Waals surface area contributed by atoms with Crippen molar-refractivity contribution in [1.82, 2.24) is 0 Å². The third-order valence-corrected chi connectivity index (χ3v) is 7.46. The number of rotatable bonds is 5. The lowest BCUT2D eigenvalue weighted by Crippen LogP contribution is -2.41. The van der Waals surface area contributed by atoms with E-state index in [4.69, 9.17) is 10.5 Å². The van der Waals surface area contributed by atoms with Crippen molar-refractivity contribution in [3.63, 3.8) is 0 Å². The second-order valence-corrected chi connectivity index (χ2v) is 8.86. The molecule has 1 aromatic rings. The zero-order valence-corrected chi connectivity index (χ0v) is 16.0. The van der Waals surface area contributed by atoms with Crippen molar-refractivity contribution in [3.05, 3.63) is 16.0 Å². The first-order valence-corrected chi connectivity index (χ1v) is 10.4. The van der Waals surface area contributed by atoms with Gasteiger partial charge in [-0.15, -0.1) is 11.3 Å². The van der Waals surface area contributed by atoms with E-state index in [1.807, 2.05) is 0 Å². The first kappa shape index (κ1) is 18.4. The summed E-state index contributed by atoms with van der Waals surface area (Å²) in [7, 11) is 0. The largest absolute Gasteiger partial charge is 0.481 e. The van der Waals surface area contributed by atoms with Crippen LogP contribution in [0.2, 0.25) is 0 Å². The summed E-state index contributed by atoms with van der Waals surface area (Å²) >= 11 is 1.41. The van der Waals surface area contributed by atoms with Crippen LogP contribution in [-0.4, -0.2) is 35.1 Å². The summed E-state index contributed by atoms with van der Waals surface area (Å²) in [6.07, 6.45) is 4.35. The lowest BCUT2D eigenvalue weighted by atomic mass is 9.78. The maximum Gasteiger partial charge on any atom is 0.310 e. The summed E-state index contributed by atoms with van der Waals surface area (Å²) in [5.74, 6) is -2.92. The van der Waals surface area contributed by atoms with Crippen molar-refractivity contribution in [3.8, 4) is 0 Å². The Bertz CT molecular complexity index is 804. The number of carbonyl (C=O) groups is 3. The van der Waals surface area contributed by atoms with Gasteiger partial charge in [0.25, 0.3) is 5.91 Å². The van der Waals surface area contributed by atoms with Gasteiger partial charge in [0.15, 0.2) is 0 Å². The molecule has 5 atom stereocenters. The molecule has 0 unspecified atom stereocenters. The zero-order valence-electron chi connectivity index (χ0n) is 15.2. The molecule has 1 aliphatic carbocycles. The topological polar surface area (TPSA) is 119 Å². The Kier molecular flexibility index (Phi) is 4.71. The third-order valence-electron chi connectivity index (χ3n) is 6.29. The number of carbonyl (C=O) groups excluding carboxylic acids is 2. The number of amides is 2. The van der Waals surface area contributed by atoms with Gasteiger partial charge in [-0.05, 0) is 43.6 Å². The minimum absolute atomic E-state index is 0.368. The fourth-order valence-electron chi connectivity index (χ4n) is 4.87. The predicted molar refractivity (Wildman–Crippen MR) is 99.8 cm³/mol. The number of nitrogens with one attached hydrogen (secondary N) is 1. The van der Waals surface area contributed by atoms with E-state index < -0.39 is 29.8 Å². The molecule has 2 saturated heterocycles. The van der Waals surface area contributed by atoms with E-state index in [9.17, 15) is 19.5 Å². The second kappa shape index (κ2) is 6.91. The molecule has 2 fully saturated rings. The molecule has 2 aliphatic heterocycles. The smallest absolute Gasteiger partial charge is 0.310 e. The second-order valence-electron chi connectivity index (χ2n) is 7.76. The predicted octanol–water partition coefficient (Wildman–Crippen LogP) is 2.18. The van der Waals surface area contributed by atoms with E-state index in [1.54, 1.807) is 0 Å². The number of carboxylic acid groups (broad SMARTS) is 1. The number of ether oxygens (including phenoxy) is 1. The monoisotopic (exact) mass is 392 g/mol. The molecule has 1 aromatic heterocycles. The van der Waals surface area contributed by atoms with E-state index in [-0.39, 0.29) is 12.0 Å². The number of nitrogens with two attached hydrogens (primary N) is 1. The minimum atomic E-state index is -1.01. The minimum Gasteiger partial charge on any atom is -0.481 e. The molecule has 3 heterocycles. The Morgan fingerprint density at radius 3 is 2.56 bits per heavy atom. The van der Waals surface area contributed by atoms with E-state index in [2.05, 4.69) is 12.2 Å². The first-order chi connectivity index (χ1) is 12.9. The van der Waals surface area contributed by atoms with Gasteiger partial charge >= 0.3 is 5.97 Å². The van der Waals surface area contributed by atoms with E-state index in [1.165, 1.54) is 11.3 Å². The number of aliphatic carboxylic acids is 1. The average Bonchev–Trinajstić information content (AvgIpc) is 3.32. The third kappa shape index (κ3) is 3.04. The molecule has 0 radical (unpaired) electrons. The molecule has 0 aromatic carbocycles. The quantitative estimate of drug-likeness (QED) is 0.710. The molecular formula is C19H24N2O5S. The van der Waals surface area contributed by atoms with Crippen LogP contribution in [0.5, 0.6) is 0 Å². The highest BCUT2D eigenvalue weighted by Crippen LogP contribution is 2.45. The van der Waals surface area contributed by atoms with Crippen molar-refractivity contribution in [2.45, 2.75) is 57.7 Å². The normalized spacial score (nSPS) is 31.5. The summed E-state index contributed by atoms with van der Waals surface area (Å²) in [6, 6.07) is 0. The van der Waals surface area contributed by atoms with Crippen molar-refractivity contribution in [1.29, 1.82) is 0 Å². The molecule has 4 rings (SSSR count). The number of primary amides is 1. The average molecular weight is 392 g/mol. The van der Waals surface area contributed by atoms with Crippen molar-refractivity contribution in [2.24, 2.45) is 23.5 Å². The van der Waals surface area contributed by atoms with Crippen LogP contribution >= 0.6 is 11.3 Å². The van der Waals surface area contributed by atoms with Gasteiger partial charge in [0.05, 0.1) is 29.6 Å². The van der Waals surface area contributed by atoms with Crippen LogP contribution in [0.3, 0.4) is 0 Å². The molecule has 8 heteroatoms. The van der Waals surface area contributed by atoms with Crippen molar-refractivity contribution in [2.75, 3.05) is 5.32 Å². The number of fused-ring (bicyclic) bond motifs is 3. The molecule has 2 amide bonds. The summed E-state index contributed by atoms with van der Waals surface area (Å²) in [4.78, 5) is 37.7. The van der Waals surface area contributed by atoms with Gasteiger partial charge in [0.2, 0.25) is 5.91 Å². The highest BCUT2D eigenvalue weighted by molar-refractivity contribution is 7.17. The number of anilines is 1. The lowest BCUT2D eigenvalue weighted by Gasteiger charge is -2.23. The Morgan fingerprint density at radius 1 is 1.22 bits per heavy atom. The zero-order chi connectivity index (χ0) is 19.3. The molecular weight excluding hydrogens is 368 g/mol. The number of hydrogen-bond acceptors (Lipinski definition) is 5. The SMILES string of the molecule is CC[C@H]1CCc2c(sc(NC(=O)[C@H]3[C@@H](C(=O)O)[C@@H]4CC[C@@H]3O4)c2C(N)=O)C1. The van der Waals surface area contributed by atoms with Crippen LogP contribution in [0, 0.1) is 17.8 Å². The standard InChI is InChI=1S/C19H24N2O5S/c1-2-8-3-4-9-12(7-8)27-18(13(9)16(20)22)21-17(23)14-10-5-6-11(26-10)15(14)19(24)25/h8,10-11,14-15H,2-7H2,1H3,(H2,20,22)(H,21,23)(H,24,25)/t8-,10-,11-,14+,15-/m0/s1. The summed E-state index contributed by atoms with van der Waals surface area (Å²) in [5.41, 5.74) is 6.96. The van der Waals surface area contributed by atoms with E-state index in [0.29, 0.717) is 29.3 Å². The van der Waals surface area contributed by atoms with Gasteiger partial charge in [-0.3, -0.25) is 14.4 Å². The Morgan fingerprint density at radius 2 is 1.93 bits per heavy atom. The first-order valence-electron chi connectivity index (χ1n) is 9.54. The van der Waals surface area contributed by atoms with Gasteiger partial charge in [-0.1, -0.05) is 13.3 Å². The fourth-order valence-corrected chi connectivity index (χ4v) is 6.24. The molecule has 27 heavy (non-hydrogen) atoms. The number of hydrogen-bond donors (Lipinski definition) is 3. The van der Waals surface area contributed by atoms with Crippen LogP contribution in [0.25, 0.3) is 0 Å². The molecule has 7 nitrogen and oxygen atoms in total. The Balaban J connectivity index is 1.61. The number of carboxylic acids is 1. The van der Waals surface area contributed by atoms with Gasteiger partial charge < -0.3 is 20.9 Å². The van der Waals surface area contributed by atoms with Crippen LogP contribution in [0.4, 0.5) is 5.00 Å². The Hall–Kier alpha value is -1.93. The van der Waals surface area contributed by atoms with Crippen LogP contribution in [0.15, 0.2) is 0 Å². The fraction of sp³-hybridized carbons (Fsp3) is 0.632. The van der Waals surface area contributed by atoms with E-state index in [0.717, 1.165) is 36.1 Å². The summed E-state index contributed by atoms with van der Waals surface area (Å²) in [5, 5.41) is 12.8. The molecule has 4 N–H and O–H groups in total. The molecule has 0 saturated carbocycles.